The van der Waals surface area contributed by atoms with Crippen LogP contribution in [0.2, 0.25) is 0 Å². The van der Waals surface area contributed by atoms with Crippen LogP contribution in [0.5, 0.6) is 5.75 Å². The van der Waals surface area contributed by atoms with Gasteiger partial charge in [-0.25, -0.2) is 14.8 Å². The van der Waals surface area contributed by atoms with E-state index in [0.29, 0.717) is 17.1 Å². The Morgan fingerprint density at radius 2 is 2.00 bits per heavy atom. The third-order valence-electron chi connectivity index (χ3n) is 4.43. The molecule has 1 aliphatic carbocycles. The first-order valence-electron chi connectivity index (χ1n) is 7.98. The molecule has 0 bridgehead atoms. The Morgan fingerprint density at radius 3 is 2.67 bits per heavy atom. The number of nitrogens with zero attached hydrogens (tertiary/aromatic N) is 5. The van der Waals surface area contributed by atoms with Crippen molar-refractivity contribution in [2.75, 3.05) is 7.05 Å². The van der Waals surface area contributed by atoms with Gasteiger partial charge in [-0.15, -0.1) is 0 Å². The predicted octanol–water partition coefficient (Wildman–Crippen LogP) is 2.09. The molecule has 1 fully saturated rings. The molecule has 2 aromatic rings. The minimum atomic E-state index is -0.333. The van der Waals surface area contributed by atoms with Gasteiger partial charge in [-0.3, -0.25) is 4.68 Å². The second kappa shape index (κ2) is 6.86. The smallest absolute Gasteiger partial charge is 0.410 e. The second-order valence-corrected chi connectivity index (χ2v) is 6.00. The molecule has 0 unspecified atom stereocenters. The molecule has 8 nitrogen and oxygen atoms in total. The third kappa shape index (κ3) is 3.32. The quantitative estimate of drug-likeness (QED) is 0.922. The summed E-state index contributed by atoms with van der Waals surface area (Å²) in [5, 5.41) is 13.5. The lowest BCUT2D eigenvalue weighted by atomic mass is 10.2. The van der Waals surface area contributed by atoms with E-state index in [-0.39, 0.29) is 24.5 Å². The Kier molecular flexibility index (Phi) is 4.64. The van der Waals surface area contributed by atoms with E-state index in [1.807, 2.05) is 0 Å². The van der Waals surface area contributed by atoms with Crippen LogP contribution in [0, 0.1) is 0 Å². The summed E-state index contributed by atoms with van der Waals surface area (Å²) in [5.74, 6) is 0.421. The summed E-state index contributed by atoms with van der Waals surface area (Å²) in [4.78, 5) is 22.1. The maximum Gasteiger partial charge on any atom is 0.410 e. The zero-order valence-corrected chi connectivity index (χ0v) is 13.8. The number of hydrogen-bond donors (Lipinski definition) is 1. The number of rotatable bonds is 4. The van der Waals surface area contributed by atoms with Crippen molar-refractivity contribution in [2.24, 2.45) is 7.05 Å². The van der Waals surface area contributed by atoms with Gasteiger partial charge in [-0.05, 0) is 12.8 Å². The minimum absolute atomic E-state index is 0.00573. The highest BCUT2D eigenvalue weighted by Gasteiger charge is 2.25. The van der Waals surface area contributed by atoms with Gasteiger partial charge in [0.05, 0.1) is 29.8 Å². The molecule has 2 aromatic heterocycles. The van der Waals surface area contributed by atoms with Crippen molar-refractivity contribution in [1.82, 2.24) is 24.6 Å². The Hall–Kier alpha value is -2.64. The molecule has 3 rings (SSSR count). The summed E-state index contributed by atoms with van der Waals surface area (Å²) in [5.41, 5.74) is 1.38. The van der Waals surface area contributed by atoms with Crippen LogP contribution in [0.4, 0.5) is 4.79 Å². The van der Waals surface area contributed by atoms with E-state index in [4.69, 9.17) is 4.74 Å². The number of carbonyl (C=O) groups excluding carboxylic acids is 1. The van der Waals surface area contributed by atoms with Crippen LogP contribution >= 0.6 is 0 Å². The molecule has 0 spiro atoms. The van der Waals surface area contributed by atoms with Crippen molar-refractivity contribution in [2.45, 2.75) is 38.3 Å². The molecule has 0 atom stereocenters. The molecule has 1 aliphatic rings. The van der Waals surface area contributed by atoms with Gasteiger partial charge in [0.25, 0.3) is 0 Å². The molecule has 0 saturated heterocycles. The maximum atomic E-state index is 12.2. The summed E-state index contributed by atoms with van der Waals surface area (Å²) < 4.78 is 7.08. The Balaban J connectivity index is 1.70. The summed E-state index contributed by atoms with van der Waals surface area (Å²) in [7, 11) is 3.55. The lowest BCUT2D eigenvalue weighted by Gasteiger charge is -2.23. The number of hydrogen-bond acceptors (Lipinski definition) is 6. The molecule has 1 amide bonds. The molecule has 24 heavy (non-hydrogen) atoms. The fourth-order valence-corrected chi connectivity index (χ4v) is 2.95. The number of aromatic hydroxyl groups is 1. The fourth-order valence-electron chi connectivity index (χ4n) is 2.95. The van der Waals surface area contributed by atoms with Crippen LogP contribution < -0.4 is 0 Å². The first kappa shape index (κ1) is 16.2. The molecule has 1 N–H and O–H groups in total. The van der Waals surface area contributed by atoms with Crippen LogP contribution in [0.15, 0.2) is 18.6 Å². The van der Waals surface area contributed by atoms with Crippen LogP contribution in [-0.2, 0) is 18.4 Å². The first-order chi connectivity index (χ1) is 11.6. The Labute approximate surface area is 140 Å². The normalized spacial score (nSPS) is 14.8. The molecule has 128 valence electrons. The molecule has 0 aliphatic heterocycles. The molecule has 0 radical (unpaired) electrons. The number of carbonyl (C=O) groups is 1. The highest BCUT2D eigenvalue weighted by atomic mass is 16.6. The van der Waals surface area contributed by atoms with Gasteiger partial charge < -0.3 is 14.7 Å². The highest BCUT2D eigenvalue weighted by Crippen LogP contribution is 2.24. The van der Waals surface area contributed by atoms with Crippen molar-refractivity contribution >= 4 is 6.09 Å². The van der Waals surface area contributed by atoms with Crippen molar-refractivity contribution in [3.05, 3.63) is 24.3 Å². The molecule has 2 heterocycles. The zero-order chi connectivity index (χ0) is 17.1. The van der Waals surface area contributed by atoms with Crippen LogP contribution in [0.3, 0.4) is 0 Å². The molecular formula is C16H21N5O3. The average molecular weight is 331 g/mol. The van der Waals surface area contributed by atoms with Gasteiger partial charge >= 0.3 is 6.09 Å². The Bertz CT molecular complexity index is 707. The summed E-state index contributed by atoms with van der Waals surface area (Å²) in [6, 6.07) is 0.268. The van der Waals surface area contributed by atoms with Crippen molar-refractivity contribution in [1.29, 1.82) is 0 Å². The van der Waals surface area contributed by atoms with Crippen LogP contribution in [0.25, 0.3) is 11.4 Å². The number of ether oxygens (including phenoxy) is 1. The van der Waals surface area contributed by atoms with E-state index < -0.39 is 0 Å². The SMILES string of the molecule is CN(C(=O)OCc1c(-c2ncc(O)cn2)cnn1C)C1CCCC1. The van der Waals surface area contributed by atoms with E-state index in [0.717, 1.165) is 25.7 Å². The number of aryl methyl sites for hydroxylation is 1. The van der Waals surface area contributed by atoms with Gasteiger partial charge in [-0.1, -0.05) is 12.8 Å². The van der Waals surface area contributed by atoms with Gasteiger partial charge in [0, 0.05) is 20.1 Å². The molecule has 1 saturated carbocycles. The van der Waals surface area contributed by atoms with Crippen molar-refractivity contribution < 1.29 is 14.6 Å². The van der Waals surface area contributed by atoms with Crippen molar-refractivity contribution in [3.63, 3.8) is 0 Å². The van der Waals surface area contributed by atoms with Gasteiger partial charge in [0.2, 0.25) is 0 Å². The predicted molar refractivity (Wildman–Crippen MR) is 86.1 cm³/mol. The Morgan fingerprint density at radius 1 is 1.33 bits per heavy atom. The lowest BCUT2D eigenvalue weighted by molar-refractivity contribution is 0.0899. The van der Waals surface area contributed by atoms with Crippen LogP contribution in [-0.4, -0.2) is 48.9 Å². The number of aromatic nitrogens is 4. The standard InChI is InChI=1S/C16H21N5O3/c1-20(11-5-3-4-6-11)16(23)24-10-14-13(9-19-21(14)2)15-17-7-12(22)8-18-15/h7-9,11,22H,3-6,10H2,1-2H3. The van der Waals surface area contributed by atoms with Crippen molar-refractivity contribution in [3.8, 4) is 17.1 Å². The first-order valence-corrected chi connectivity index (χ1v) is 7.98. The van der Waals surface area contributed by atoms with Gasteiger partial charge in [-0.2, -0.15) is 5.10 Å². The van der Waals surface area contributed by atoms with E-state index in [1.165, 1.54) is 12.4 Å². The van der Waals surface area contributed by atoms with Crippen LogP contribution in [0.1, 0.15) is 31.4 Å². The fraction of sp³-hybridized carbons (Fsp3) is 0.500. The second-order valence-electron chi connectivity index (χ2n) is 6.00. The molecular weight excluding hydrogens is 310 g/mol. The summed E-state index contributed by atoms with van der Waals surface area (Å²) >= 11 is 0. The third-order valence-corrected chi connectivity index (χ3v) is 4.43. The lowest BCUT2D eigenvalue weighted by Crippen LogP contribution is -2.35. The largest absolute Gasteiger partial charge is 0.505 e. The monoisotopic (exact) mass is 331 g/mol. The molecule has 0 aromatic carbocycles. The van der Waals surface area contributed by atoms with E-state index in [1.54, 1.807) is 29.9 Å². The average Bonchev–Trinajstić information content (AvgIpc) is 3.23. The number of amides is 1. The maximum absolute atomic E-state index is 12.2. The van der Waals surface area contributed by atoms with E-state index in [9.17, 15) is 9.90 Å². The zero-order valence-electron chi connectivity index (χ0n) is 13.8. The van der Waals surface area contributed by atoms with Gasteiger partial charge in [0.1, 0.15) is 6.61 Å². The highest BCUT2D eigenvalue weighted by molar-refractivity contribution is 5.68. The molecule has 8 heteroatoms. The van der Waals surface area contributed by atoms with E-state index in [2.05, 4.69) is 15.1 Å². The minimum Gasteiger partial charge on any atom is -0.505 e. The van der Waals surface area contributed by atoms with Gasteiger partial charge in [0.15, 0.2) is 11.6 Å². The summed E-state index contributed by atoms with van der Waals surface area (Å²) in [6.07, 6.45) is 8.31. The summed E-state index contributed by atoms with van der Waals surface area (Å²) in [6.45, 7) is 0.0892. The topological polar surface area (TPSA) is 93.4 Å². The van der Waals surface area contributed by atoms with E-state index >= 15 is 0 Å².